The molecule has 0 aromatic carbocycles. The van der Waals surface area contributed by atoms with Gasteiger partial charge >= 0.3 is 0 Å². The van der Waals surface area contributed by atoms with Gasteiger partial charge in [-0.15, -0.1) is 17.9 Å². The SMILES string of the molecule is C=CCn1c(SCC(=O)Nc2cc(C)nn2C)nc2sc3c(c2c1=O)CCC(C)C3. The van der Waals surface area contributed by atoms with Crippen LogP contribution in [0.1, 0.15) is 29.5 Å². The van der Waals surface area contributed by atoms with E-state index in [0.29, 0.717) is 23.4 Å². The summed E-state index contributed by atoms with van der Waals surface area (Å²) in [6.45, 7) is 8.28. The molecule has 1 aliphatic rings. The Morgan fingerprint density at radius 2 is 2.30 bits per heavy atom. The number of hydrogen-bond donors (Lipinski definition) is 1. The van der Waals surface area contributed by atoms with Gasteiger partial charge in [0.05, 0.1) is 16.8 Å². The molecule has 7 nitrogen and oxygen atoms in total. The number of rotatable bonds is 6. The van der Waals surface area contributed by atoms with Crippen molar-refractivity contribution in [3.8, 4) is 0 Å². The summed E-state index contributed by atoms with van der Waals surface area (Å²) < 4.78 is 3.26. The lowest BCUT2D eigenvalue weighted by Gasteiger charge is -2.17. The van der Waals surface area contributed by atoms with Crippen LogP contribution in [0.5, 0.6) is 0 Å². The number of thioether (sulfide) groups is 1. The zero-order valence-electron chi connectivity index (χ0n) is 17.4. The third-order valence-electron chi connectivity index (χ3n) is 5.29. The number of fused-ring (bicyclic) bond motifs is 3. The highest BCUT2D eigenvalue weighted by Crippen LogP contribution is 2.36. The Morgan fingerprint density at radius 1 is 1.50 bits per heavy atom. The molecule has 3 heterocycles. The second-order valence-electron chi connectivity index (χ2n) is 7.76. The number of allylic oxidation sites excluding steroid dienone is 1. The molecule has 3 aromatic heterocycles. The highest BCUT2D eigenvalue weighted by molar-refractivity contribution is 7.99. The van der Waals surface area contributed by atoms with E-state index in [-0.39, 0.29) is 17.2 Å². The summed E-state index contributed by atoms with van der Waals surface area (Å²) in [5, 5.41) is 8.39. The molecule has 0 saturated heterocycles. The zero-order valence-corrected chi connectivity index (χ0v) is 19.0. The number of aryl methyl sites for hydroxylation is 3. The van der Waals surface area contributed by atoms with Gasteiger partial charge in [0.1, 0.15) is 10.6 Å². The molecule has 30 heavy (non-hydrogen) atoms. The first kappa shape index (κ1) is 20.9. The van der Waals surface area contributed by atoms with E-state index in [1.807, 2.05) is 13.0 Å². The van der Waals surface area contributed by atoms with Gasteiger partial charge in [-0.3, -0.25) is 18.8 Å². The van der Waals surface area contributed by atoms with Gasteiger partial charge < -0.3 is 5.32 Å². The Hall–Kier alpha value is -2.39. The standard InChI is InChI=1S/C21H25N5O2S2/c1-5-8-26-20(28)18-14-7-6-12(2)9-15(14)30-19(18)23-21(26)29-11-17(27)22-16-10-13(3)24-25(16)4/h5,10,12H,1,6-9,11H2,2-4H3,(H,22,27). The average Bonchev–Trinajstić information content (AvgIpc) is 3.20. The minimum Gasteiger partial charge on any atom is -0.310 e. The van der Waals surface area contributed by atoms with E-state index < -0.39 is 0 Å². The molecule has 4 rings (SSSR count). The predicted octanol–water partition coefficient (Wildman–Crippen LogP) is 3.54. The van der Waals surface area contributed by atoms with E-state index in [9.17, 15) is 9.59 Å². The van der Waals surface area contributed by atoms with Crippen LogP contribution in [-0.2, 0) is 31.2 Å². The van der Waals surface area contributed by atoms with Crippen molar-refractivity contribution in [1.29, 1.82) is 0 Å². The number of aromatic nitrogens is 4. The largest absolute Gasteiger partial charge is 0.310 e. The smallest absolute Gasteiger partial charge is 0.263 e. The molecule has 0 spiro atoms. The van der Waals surface area contributed by atoms with Gasteiger partial charge in [0, 0.05) is 24.5 Å². The van der Waals surface area contributed by atoms with Crippen LogP contribution in [-0.4, -0.2) is 31.0 Å². The first-order valence-corrected chi connectivity index (χ1v) is 11.8. The maximum Gasteiger partial charge on any atom is 0.263 e. The molecule has 158 valence electrons. The summed E-state index contributed by atoms with van der Waals surface area (Å²) >= 11 is 2.90. The number of hydrogen-bond acceptors (Lipinski definition) is 6. The van der Waals surface area contributed by atoms with E-state index in [1.54, 1.807) is 33.7 Å². The molecule has 1 unspecified atom stereocenters. The number of anilines is 1. The lowest BCUT2D eigenvalue weighted by Crippen LogP contribution is -2.24. The summed E-state index contributed by atoms with van der Waals surface area (Å²) in [5.74, 6) is 1.27. The fraction of sp³-hybridized carbons (Fsp3) is 0.429. The summed E-state index contributed by atoms with van der Waals surface area (Å²) in [4.78, 5) is 32.6. The highest BCUT2D eigenvalue weighted by atomic mass is 32.2. The van der Waals surface area contributed by atoms with Crippen molar-refractivity contribution in [3.05, 3.63) is 45.2 Å². The quantitative estimate of drug-likeness (QED) is 0.358. The summed E-state index contributed by atoms with van der Waals surface area (Å²) in [7, 11) is 1.78. The van der Waals surface area contributed by atoms with Crippen LogP contribution in [0.4, 0.5) is 5.82 Å². The van der Waals surface area contributed by atoms with Gasteiger partial charge in [0.15, 0.2) is 5.16 Å². The molecule has 1 atom stereocenters. The van der Waals surface area contributed by atoms with Crippen molar-refractivity contribution in [3.63, 3.8) is 0 Å². The van der Waals surface area contributed by atoms with Crippen molar-refractivity contribution in [1.82, 2.24) is 19.3 Å². The zero-order chi connectivity index (χ0) is 21.4. The first-order valence-electron chi connectivity index (χ1n) is 9.96. The summed E-state index contributed by atoms with van der Waals surface area (Å²) in [6, 6.07) is 1.82. The van der Waals surface area contributed by atoms with E-state index in [2.05, 4.69) is 23.9 Å². The molecule has 1 aliphatic carbocycles. The van der Waals surface area contributed by atoms with Gasteiger partial charge in [-0.25, -0.2) is 4.98 Å². The lowest BCUT2D eigenvalue weighted by atomic mass is 9.89. The Bertz CT molecular complexity index is 1190. The van der Waals surface area contributed by atoms with Crippen molar-refractivity contribution in [2.45, 2.75) is 44.8 Å². The molecule has 0 aliphatic heterocycles. The second-order valence-corrected chi connectivity index (χ2v) is 9.79. The van der Waals surface area contributed by atoms with Crippen LogP contribution < -0.4 is 10.9 Å². The molecule has 0 fully saturated rings. The Morgan fingerprint density at radius 3 is 3.00 bits per heavy atom. The van der Waals surface area contributed by atoms with Crippen LogP contribution in [0.3, 0.4) is 0 Å². The summed E-state index contributed by atoms with van der Waals surface area (Å²) in [5.41, 5.74) is 1.98. The van der Waals surface area contributed by atoms with Gasteiger partial charge in [-0.2, -0.15) is 5.10 Å². The van der Waals surface area contributed by atoms with E-state index in [1.165, 1.54) is 22.2 Å². The number of carbonyl (C=O) groups excluding carboxylic acids is 1. The molecule has 3 aromatic rings. The molecular weight excluding hydrogens is 418 g/mol. The van der Waals surface area contributed by atoms with Crippen LogP contribution in [0.2, 0.25) is 0 Å². The van der Waals surface area contributed by atoms with Crippen molar-refractivity contribution >= 4 is 45.0 Å². The third-order valence-corrected chi connectivity index (χ3v) is 7.42. The Kier molecular flexibility index (Phi) is 5.84. The highest BCUT2D eigenvalue weighted by Gasteiger charge is 2.24. The molecule has 1 N–H and O–H groups in total. The van der Waals surface area contributed by atoms with E-state index >= 15 is 0 Å². The minimum absolute atomic E-state index is 0.0304. The number of carbonyl (C=O) groups is 1. The average molecular weight is 444 g/mol. The maximum atomic E-state index is 13.3. The monoisotopic (exact) mass is 443 g/mol. The Balaban J connectivity index is 1.62. The van der Waals surface area contributed by atoms with Gasteiger partial charge in [0.2, 0.25) is 5.91 Å². The topological polar surface area (TPSA) is 81.8 Å². The molecule has 1 amide bonds. The summed E-state index contributed by atoms with van der Waals surface area (Å²) in [6.07, 6.45) is 4.73. The number of nitrogens with one attached hydrogen (secondary N) is 1. The first-order chi connectivity index (χ1) is 14.4. The van der Waals surface area contributed by atoms with Crippen molar-refractivity contribution < 1.29 is 4.79 Å². The third kappa shape index (κ3) is 3.96. The fourth-order valence-corrected chi connectivity index (χ4v) is 6.07. The van der Waals surface area contributed by atoms with Crippen LogP contribution in [0.15, 0.2) is 28.7 Å². The number of nitrogens with zero attached hydrogens (tertiary/aromatic N) is 4. The fourth-order valence-electron chi connectivity index (χ4n) is 3.84. The van der Waals surface area contributed by atoms with Gasteiger partial charge in [-0.1, -0.05) is 24.8 Å². The van der Waals surface area contributed by atoms with Crippen LogP contribution in [0.25, 0.3) is 10.2 Å². The number of thiophene rings is 1. The second kappa shape index (κ2) is 8.39. The molecule has 0 bridgehead atoms. The Labute approximate surface area is 183 Å². The van der Waals surface area contributed by atoms with Gasteiger partial charge in [0.25, 0.3) is 5.56 Å². The molecule has 0 saturated carbocycles. The van der Waals surface area contributed by atoms with Crippen LogP contribution >= 0.6 is 23.1 Å². The maximum absolute atomic E-state index is 13.3. The van der Waals surface area contributed by atoms with E-state index in [0.717, 1.165) is 35.2 Å². The molecule has 0 radical (unpaired) electrons. The lowest BCUT2D eigenvalue weighted by molar-refractivity contribution is -0.113. The normalized spacial score (nSPS) is 15.9. The predicted molar refractivity (Wildman–Crippen MR) is 123 cm³/mol. The van der Waals surface area contributed by atoms with Gasteiger partial charge in [-0.05, 0) is 37.7 Å². The van der Waals surface area contributed by atoms with E-state index in [4.69, 9.17) is 4.98 Å². The molecular formula is C21H25N5O2S2. The number of amides is 1. The van der Waals surface area contributed by atoms with Crippen molar-refractivity contribution in [2.75, 3.05) is 11.1 Å². The van der Waals surface area contributed by atoms with Crippen LogP contribution in [0, 0.1) is 12.8 Å². The minimum atomic E-state index is -0.165. The molecule has 9 heteroatoms. The van der Waals surface area contributed by atoms with Crippen molar-refractivity contribution in [2.24, 2.45) is 13.0 Å².